The number of carbonyl (C=O) groups is 1. The van der Waals surface area contributed by atoms with Crippen molar-refractivity contribution in [3.05, 3.63) is 103 Å². The molecule has 0 N–H and O–H groups in total. The van der Waals surface area contributed by atoms with Gasteiger partial charge < -0.3 is 39.8 Å². The number of ether oxygens (including phenoxy) is 2. The van der Waals surface area contributed by atoms with Crippen LogP contribution in [0.5, 0.6) is 5.75 Å². The molecule has 0 aliphatic rings. The van der Waals surface area contributed by atoms with Crippen LogP contribution in [0.25, 0.3) is 11.1 Å². The first-order chi connectivity index (χ1) is 15.1. The van der Waals surface area contributed by atoms with Crippen LogP contribution in [0.1, 0.15) is 25.5 Å². The number of benzene rings is 2. The Labute approximate surface area is 202 Å². The zero-order valence-electron chi connectivity index (χ0n) is 18.4. The van der Waals surface area contributed by atoms with Crippen LogP contribution in [-0.2, 0) is 26.6 Å². The molecule has 0 aliphatic heterocycles. The fraction of sp³-hybridized carbons (Fsp3) is 0.148. The third-order valence-corrected chi connectivity index (χ3v) is 6.21. The summed E-state index contributed by atoms with van der Waals surface area (Å²) in [5.41, 5.74) is 3.31. The van der Waals surface area contributed by atoms with Gasteiger partial charge in [-0.1, -0.05) is 42.5 Å². The van der Waals surface area contributed by atoms with Crippen molar-refractivity contribution in [1.29, 1.82) is 0 Å². The summed E-state index contributed by atoms with van der Waals surface area (Å²) < 4.78 is 10.9. The predicted octanol–water partition coefficient (Wildman–Crippen LogP) is 5.74. The Balaban J connectivity index is 0.000000534. The van der Waals surface area contributed by atoms with Crippen molar-refractivity contribution in [3.8, 4) is 16.9 Å². The van der Waals surface area contributed by atoms with Crippen LogP contribution in [0.2, 0.25) is 0 Å². The van der Waals surface area contributed by atoms with Gasteiger partial charge in [-0.05, 0) is 23.9 Å². The number of esters is 1. The normalized spacial score (nSPS) is 11.2. The molecule has 5 heteroatoms. The van der Waals surface area contributed by atoms with Crippen LogP contribution < -0.4 is 15.3 Å². The molecule has 2 atom stereocenters. The fourth-order valence-corrected chi connectivity index (χ4v) is 4.81. The maximum Gasteiger partial charge on any atom is 0.303 e. The first-order valence-corrected chi connectivity index (χ1v) is 11.2. The van der Waals surface area contributed by atoms with Gasteiger partial charge in [0.1, 0.15) is 11.9 Å². The van der Waals surface area contributed by atoms with Crippen LogP contribution >= 0.6 is 8.58 Å². The third kappa shape index (κ3) is 6.93. The Morgan fingerprint density at radius 2 is 1.50 bits per heavy atom. The van der Waals surface area contributed by atoms with E-state index in [0.717, 1.165) is 22.4 Å². The molecule has 172 valence electrons. The zero-order valence-corrected chi connectivity index (χ0v) is 20.5. The number of carbonyl (C=O) groups excluding carboxylic acids is 1. The molecule has 0 spiro atoms. The molecule has 3 nitrogen and oxygen atoms in total. The Bertz CT molecular complexity index is 1070. The maximum atomic E-state index is 11.3. The fourth-order valence-electron chi connectivity index (χ4n) is 3.37. The Hall–Kier alpha value is -2.64. The van der Waals surface area contributed by atoms with Gasteiger partial charge in [-0.2, -0.15) is 6.07 Å². The summed E-state index contributed by atoms with van der Waals surface area (Å²) in [4.78, 5) is 11.3. The molecule has 32 heavy (non-hydrogen) atoms. The van der Waals surface area contributed by atoms with Crippen molar-refractivity contribution in [1.82, 2.24) is 0 Å². The molecule has 0 bridgehead atoms. The minimum absolute atomic E-state index is 0. The van der Waals surface area contributed by atoms with Crippen LogP contribution in [0.4, 0.5) is 0 Å². The van der Waals surface area contributed by atoms with Crippen LogP contribution in [0.15, 0.2) is 97.1 Å². The SMILES string of the molecule is COc1ccccc1-c1ccccc1P[c-]1cccc1C(C)OC(C)=O.[Fe].[cH-]1[cH-][cH-][cH-][cH-]1. The van der Waals surface area contributed by atoms with Crippen LogP contribution in [0.3, 0.4) is 0 Å². The van der Waals surface area contributed by atoms with E-state index in [1.165, 1.54) is 17.5 Å². The van der Waals surface area contributed by atoms with Crippen molar-refractivity contribution in [2.45, 2.75) is 20.0 Å². The molecule has 0 heterocycles. The second kappa shape index (κ2) is 13.0. The molecule has 0 aromatic heterocycles. The average Bonchev–Trinajstić information content (AvgIpc) is 3.49. The molecule has 4 aromatic rings. The predicted molar refractivity (Wildman–Crippen MR) is 130 cm³/mol. The molecule has 0 amide bonds. The van der Waals surface area contributed by atoms with Gasteiger partial charge in [-0.3, -0.25) is 4.79 Å². The Morgan fingerprint density at radius 1 is 0.906 bits per heavy atom. The van der Waals surface area contributed by atoms with Gasteiger partial charge in [0.25, 0.3) is 0 Å². The van der Waals surface area contributed by atoms with Crippen molar-refractivity contribution in [2.75, 3.05) is 7.11 Å². The molecule has 0 saturated heterocycles. The number of methoxy groups -OCH3 is 1. The summed E-state index contributed by atoms with van der Waals surface area (Å²) in [7, 11) is 2.16. The van der Waals surface area contributed by atoms with E-state index in [-0.39, 0.29) is 29.1 Å². The molecule has 0 aliphatic carbocycles. The van der Waals surface area contributed by atoms with Crippen molar-refractivity contribution < 1.29 is 31.3 Å². The second-order valence-electron chi connectivity index (χ2n) is 6.98. The largest absolute Gasteiger partial charge is 0.748 e. The second-order valence-corrected chi connectivity index (χ2v) is 8.31. The van der Waals surface area contributed by atoms with Crippen molar-refractivity contribution in [3.63, 3.8) is 0 Å². The summed E-state index contributed by atoms with van der Waals surface area (Å²) in [6.07, 6.45) is -0.247. The van der Waals surface area contributed by atoms with Crippen LogP contribution in [0, 0.1) is 0 Å². The van der Waals surface area contributed by atoms with E-state index in [9.17, 15) is 4.79 Å². The minimum atomic E-state index is -0.262. The number of hydrogen-bond acceptors (Lipinski definition) is 3. The van der Waals surface area contributed by atoms with Gasteiger partial charge >= 0.3 is 5.97 Å². The Kier molecular flexibility index (Phi) is 10.4. The van der Waals surface area contributed by atoms with Gasteiger partial charge in [-0.15, -0.1) is 19.4 Å². The average molecular weight is 486 g/mol. The van der Waals surface area contributed by atoms with E-state index in [1.807, 2.05) is 73.7 Å². The van der Waals surface area contributed by atoms with Gasteiger partial charge in [-0.25, -0.2) is 12.1 Å². The summed E-state index contributed by atoms with van der Waals surface area (Å²) in [6, 6.07) is 32.6. The quantitative estimate of drug-likeness (QED) is 0.151. The molecule has 4 rings (SSSR count). The molecule has 0 fully saturated rings. The van der Waals surface area contributed by atoms with E-state index in [0.29, 0.717) is 8.58 Å². The van der Waals surface area contributed by atoms with E-state index in [2.05, 4.69) is 30.3 Å². The maximum absolute atomic E-state index is 11.3. The van der Waals surface area contributed by atoms with E-state index >= 15 is 0 Å². The van der Waals surface area contributed by atoms with Gasteiger partial charge in [0.15, 0.2) is 0 Å². The summed E-state index contributed by atoms with van der Waals surface area (Å²) in [6.45, 7) is 3.36. The zero-order chi connectivity index (χ0) is 22.1. The summed E-state index contributed by atoms with van der Waals surface area (Å²) >= 11 is 0. The minimum Gasteiger partial charge on any atom is -0.748 e. The standard InChI is InChI=1S/C22H22O3P.C5H5.Fe/c1-15(25-16(2)23)17-11-8-14-21(17)26-22-13-7-5-10-19(22)18-9-4-6-12-20(18)24-3;1-2-4-5-3-1;/h4-15,26H,1-3H3;1-5H;/q-1;-5;. The molecular weight excluding hydrogens is 459 g/mol. The van der Waals surface area contributed by atoms with Crippen molar-refractivity contribution in [2.24, 2.45) is 0 Å². The summed E-state index contributed by atoms with van der Waals surface area (Å²) in [5, 5.41) is 2.43. The molecule has 4 aromatic carbocycles. The molecule has 2 unspecified atom stereocenters. The number of para-hydroxylation sites is 1. The molecular formula is C27H27FeO3P-6. The molecule has 0 radical (unpaired) electrons. The topological polar surface area (TPSA) is 35.5 Å². The Morgan fingerprint density at radius 3 is 2.12 bits per heavy atom. The van der Waals surface area contributed by atoms with E-state index in [1.54, 1.807) is 7.11 Å². The van der Waals surface area contributed by atoms with E-state index in [4.69, 9.17) is 9.47 Å². The molecule has 0 saturated carbocycles. The van der Waals surface area contributed by atoms with E-state index < -0.39 is 0 Å². The smallest absolute Gasteiger partial charge is 0.303 e. The van der Waals surface area contributed by atoms with Crippen molar-refractivity contribution >= 4 is 25.2 Å². The van der Waals surface area contributed by atoms with Crippen LogP contribution in [-0.4, -0.2) is 13.1 Å². The van der Waals surface area contributed by atoms with Gasteiger partial charge in [0, 0.05) is 29.6 Å². The first-order valence-electron chi connectivity index (χ1n) is 10.2. The van der Waals surface area contributed by atoms with Gasteiger partial charge in [0.2, 0.25) is 0 Å². The first kappa shape index (κ1) is 25.6. The number of hydrogen-bond donors (Lipinski definition) is 0. The van der Waals surface area contributed by atoms with Gasteiger partial charge in [0.05, 0.1) is 7.11 Å². The third-order valence-electron chi connectivity index (χ3n) is 4.78. The summed E-state index contributed by atoms with van der Waals surface area (Å²) in [5.74, 6) is 0.600. The number of rotatable bonds is 6. The monoisotopic (exact) mass is 486 g/mol.